The summed E-state index contributed by atoms with van der Waals surface area (Å²) in [6.45, 7) is 0. The number of terminal acetylenes is 1. The van der Waals surface area contributed by atoms with Crippen molar-refractivity contribution in [3.63, 3.8) is 0 Å². The highest BCUT2D eigenvalue weighted by atomic mass is 79.9. The number of anilines is 1. The lowest BCUT2D eigenvalue weighted by Crippen LogP contribution is -1.99. The number of nitrogens with two attached hydrogens (primary N) is 1. The first kappa shape index (κ1) is 9.54. The molecule has 0 aromatic heterocycles. The lowest BCUT2D eigenvalue weighted by molar-refractivity contribution is 0.617. The molecule has 0 amide bonds. The quantitative estimate of drug-likeness (QED) is 0.605. The average molecular weight is 254 g/mol. The molecule has 0 atom stereocenters. The Morgan fingerprint density at radius 2 is 2.21 bits per heavy atom. The van der Waals surface area contributed by atoms with Gasteiger partial charge in [0.1, 0.15) is 0 Å². The molecule has 1 aliphatic carbocycles. The molecule has 3 heteroatoms. The maximum absolute atomic E-state index is 13.5. The Kier molecular flexibility index (Phi) is 2.24. The summed E-state index contributed by atoms with van der Waals surface area (Å²) in [5.41, 5.74) is 7.55. The van der Waals surface area contributed by atoms with E-state index in [4.69, 9.17) is 12.2 Å². The Morgan fingerprint density at radius 3 is 2.71 bits per heavy atom. The molecule has 1 aromatic rings. The van der Waals surface area contributed by atoms with E-state index < -0.39 is 5.82 Å². The fourth-order valence-corrected chi connectivity index (χ4v) is 1.94. The Hall–Kier alpha value is -1.01. The van der Waals surface area contributed by atoms with Gasteiger partial charge < -0.3 is 5.73 Å². The Labute approximate surface area is 90.6 Å². The molecule has 0 unspecified atom stereocenters. The number of benzene rings is 1. The lowest BCUT2D eigenvalue weighted by Gasteiger charge is -2.08. The van der Waals surface area contributed by atoms with Crippen molar-refractivity contribution in [2.75, 3.05) is 5.73 Å². The Balaban J connectivity index is 2.63. The third-order valence-electron chi connectivity index (χ3n) is 2.45. The summed E-state index contributed by atoms with van der Waals surface area (Å²) < 4.78 is 13.8. The van der Waals surface area contributed by atoms with Crippen LogP contribution < -0.4 is 5.73 Å². The maximum Gasteiger partial charge on any atom is 0.155 e. The molecule has 72 valence electrons. The number of hydrogen-bond donors (Lipinski definition) is 1. The van der Waals surface area contributed by atoms with Crippen molar-refractivity contribution >= 4 is 21.6 Å². The summed E-state index contributed by atoms with van der Waals surface area (Å²) in [6, 6.07) is 1.69. The van der Waals surface area contributed by atoms with Gasteiger partial charge in [-0.2, -0.15) is 0 Å². The summed E-state index contributed by atoms with van der Waals surface area (Å²) in [4.78, 5) is 0. The number of nitrogen functional groups attached to an aromatic ring is 1. The van der Waals surface area contributed by atoms with Crippen molar-refractivity contribution in [2.24, 2.45) is 0 Å². The lowest BCUT2D eigenvalue weighted by atomic mass is 10.0. The van der Waals surface area contributed by atoms with Crippen molar-refractivity contribution in [1.82, 2.24) is 0 Å². The largest absolute Gasteiger partial charge is 0.397 e. The van der Waals surface area contributed by atoms with Crippen LogP contribution in [-0.2, 0) is 0 Å². The second-order valence-electron chi connectivity index (χ2n) is 3.47. The van der Waals surface area contributed by atoms with Crippen LogP contribution >= 0.6 is 15.9 Å². The van der Waals surface area contributed by atoms with Crippen LogP contribution in [0.1, 0.15) is 29.9 Å². The first-order valence-corrected chi connectivity index (χ1v) is 5.18. The second kappa shape index (κ2) is 3.29. The summed E-state index contributed by atoms with van der Waals surface area (Å²) >= 11 is 3.12. The van der Waals surface area contributed by atoms with Crippen LogP contribution in [0.15, 0.2) is 10.5 Å². The SMILES string of the molecule is C#Cc1cc(C2CC2)c(N)c(Br)c1F. The molecule has 1 aliphatic rings. The molecular formula is C11H9BrFN. The van der Waals surface area contributed by atoms with Gasteiger partial charge >= 0.3 is 0 Å². The third kappa shape index (κ3) is 1.40. The van der Waals surface area contributed by atoms with Crippen LogP contribution in [0.25, 0.3) is 0 Å². The molecular weight excluding hydrogens is 245 g/mol. The monoisotopic (exact) mass is 253 g/mol. The second-order valence-corrected chi connectivity index (χ2v) is 4.27. The Morgan fingerprint density at radius 1 is 1.57 bits per heavy atom. The van der Waals surface area contributed by atoms with Gasteiger partial charge in [-0.05, 0) is 46.3 Å². The molecule has 0 aliphatic heterocycles. The molecule has 1 fully saturated rings. The molecule has 2 N–H and O–H groups in total. The van der Waals surface area contributed by atoms with Gasteiger partial charge in [0.05, 0.1) is 15.7 Å². The minimum Gasteiger partial charge on any atom is -0.397 e. The van der Waals surface area contributed by atoms with Gasteiger partial charge in [0, 0.05) is 0 Å². The van der Waals surface area contributed by atoms with Crippen molar-refractivity contribution in [1.29, 1.82) is 0 Å². The molecule has 0 radical (unpaired) electrons. The molecule has 0 spiro atoms. The normalized spacial score (nSPS) is 15.2. The number of hydrogen-bond acceptors (Lipinski definition) is 1. The topological polar surface area (TPSA) is 26.0 Å². The third-order valence-corrected chi connectivity index (χ3v) is 3.22. The van der Waals surface area contributed by atoms with E-state index in [0.717, 1.165) is 18.4 Å². The average Bonchev–Trinajstić information content (AvgIpc) is 2.98. The highest BCUT2D eigenvalue weighted by molar-refractivity contribution is 9.10. The highest BCUT2D eigenvalue weighted by Crippen LogP contribution is 2.45. The highest BCUT2D eigenvalue weighted by Gasteiger charge is 2.28. The van der Waals surface area contributed by atoms with E-state index in [2.05, 4.69) is 21.9 Å². The van der Waals surface area contributed by atoms with Crippen LogP contribution in [-0.4, -0.2) is 0 Å². The van der Waals surface area contributed by atoms with Crippen LogP contribution in [0.2, 0.25) is 0 Å². The van der Waals surface area contributed by atoms with Gasteiger partial charge in [-0.3, -0.25) is 0 Å². The van der Waals surface area contributed by atoms with Crippen LogP contribution in [0.3, 0.4) is 0 Å². The number of rotatable bonds is 1. The molecule has 1 aromatic carbocycles. The zero-order valence-corrected chi connectivity index (χ0v) is 9.07. The maximum atomic E-state index is 13.5. The minimum atomic E-state index is -0.436. The Bertz CT molecular complexity index is 430. The van der Waals surface area contributed by atoms with Crippen LogP contribution in [0.5, 0.6) is 0 Å². The predicted octanol–water partition coefficient (Wildman–Crippen LogP) is 3.03. The van der Waals surface area contributed by atoms with Crippen molar-refractivity contribution in [3.05, 3.63) is 27.5 Å². The zero-order chi connectivity index (χ0) is 10.3. The van der Waals surface area contributed by atoms with E-state index in [0.29, 0.717) is 16.1 Å². The standard InChI is InChI=1S/C11H9BrFN/c1-2-6-5-8(7-3-4-7)11(14)9(12)10(6)13/h1,5,7H,3-4,14H2. The zero-order valence-electron chi connectivity index (χ0n) is 7.48. The summed E-state index contributed by atoms with van der Waals surface area (Å²) in [7, 11) is 0. The molecule has 1 nitrogen and oxygen atoms in total. The van der Waals surface area contributed by atoms with E-state index in [-0.39, 0.29) is 5.56 Å². The van der Waals surface area contributed by atoms with Crippen molar-refractivity contribution in [3.8, 4) is 12.3 Å². The van der Waals surface area contributed by atoms with Gasteiger partial charge in [-0.15, -0.1) is 6.42 Å². The fourth-order valence-electron chi connectivity index (χ4n) is 1.50. The van der Waals surface area contributed by atoms with Crippen LogP contribution in [0, 0.1) is 18.2 Å². The molecule has 0 heterocycles. The molecule has 14 heavy (non-hydrogen) atoms. The van der Waals surface area contributed by atoms with Gasteiger partial charge in [-0.25, -0.2) is 4.39 Å². The van der Waals surface area contributed by atoms with E-state index in [1.165, 1.54) is 0 Å². The molecule has 1 saturated carbocycles. The smallest absolute Gasteiger partial charge is 0.155 e. The van der Waals surface area contributed by atoms with Gasteiger partial charge in [0.2, 0.25) is 0 Å². The van der Waals surface area contributed by atoms with Gasteiger partial charge in [-0.1, -0.05) is 5.92 Å². The summed E-state index contributed by atoms with van der Waals surface area (Å²) in [5.74, 6) is 2.36. The van der Waals surface area contributed by atoms with Crippen molar-refractivity contribution < 1.29 is 4.39 Å². The first-order chi connectivity index (χ1) is 6.65. The number of halogens is 2. The predicted molar refractivity (Wildman–Crippen MR) is 58.4 cm³/mol. The van der Waals surface area contributed by atoms with Gasteiger partial charge in [0.25, 0.3) is 0 Å². The van der Waals surface area contributed by atoms with Gasteiger partial charge in [0.15, 0.2) is 5.82 Å². The van der Waals surface area contributed by atoms with E-state index in [9.17, 15) is 4.39 Å². The minimum absolute atomic E-state index is 0.285. The molecule has 0 bridgehead atoms. The summed E-state index contributed by atoms with van der Waals surface area (Å²) in [6.07, 6.45) is 7.44. The van der Waals surface area contributed by atoms with E-state index >= 15 is 0 Å². The van der Waals surface area contributed by atoms with Crippen LogP contribution in [0.4, 0.5) is 10.1 Å². The molecule has 0 saturated heterocycles. The van der Waals surface area contributed by atoms with Crippen molar-refractivity contribution in [2.45, 2.75) is 18.8 Å². The van der Waals surface area contributed by atoms with E-state index in [1.807, 2.05) is 0 Å². The first-order valence-electron chi connectivity index (χ1n) is 4.39. The summed E-state index contributed by atoms with van der Waals surface area (Å²) in [5, 5.41) is 0. The van der Waals surface area contributed by atoms with E-state index in [1.54, 1.807) is 6.07 Å². The fraction of sp³-hybridized carbons (Fsp3) is 0.273. The molecule has 2 rings (SSSR count).